The molecule has 1 nitrogen and oxygen atoms in total. The van der Waals surface area contributed by atoms with Gasteiger partial charge < -0.3 is 4.74 Å². The molecule has 0 N–H and O–H groups in total. The van der Waals surface area contributed by atoms with E-state index < -0.39 is 0 Å². The van der Waals surface area contributed by atoms with Crippen molar-refractivity contribution >= 4 is 27.7 Å². The minimum Gasteiger partial charge on any atom is -0.493 e. The van der Waals surface area contributed by atoms with Crippen molar-refractivity contribution in [1.82, 2.24) is 0 Å². The molecule has 1 aromatic carbocycles. The van der Waals surface area contributed by atoms with Crippen LogP contribution >= 0.6 is 27.7 Å². The van der Waals surface area contributed by atoms with Crippen LogP contribution in [0.2, 0.25) is 0 Å². The Morgan fingerprint density at radius 3 is 2.86 bits per heavy atom. The largest absolute Gasteiger partial charge is 0.493 e. The Balaban J connectivity index is 2.03. The third kappa shape index (κ3) is 2.92. The van der Waals surface area contributed by atoms with Crippen molar-refractivity contribution < 1.29 is 4.74 Å². The summed E-state index contributed by atoms with van der Waals surface area (Å²) in [5.74, 6) is 1.79. The molecule has 1 saturated carbocycles. The fraction of sp³-hybridized carbons (Fsp3) is 0.455. The number of rotatable bonds is 4. The van der Waals surface area contributed by atoms with Crippen molar-refractivity contribution in [2.24, 2.45) is 5.92 Å². The molecular formula is C11H13BrOS. The molecule has 0 unspecified atom stereocenters. The van der Waals surface area contributed by atoms with E-state index in [0.29, 0.717) is 0 Å². The van der Waals surface area contributed by atoms with Crippen molar-refractivity contribution in [1.29, 1.82) is 0 Å². The Bertz CT molecular complexity index is 323. The first kappa shape index (κ1) is 10.4. The van der Waals surface area contributed by atoms with Crippen LogP contribution < -0.4 is 4.74 Å². The van der Waals surface area contributed by atoms with Crippen molar-refractivity contribution in [3.63, 3.8) is 0 Å². The van der Waals surface area contributed by atoms with Gasteiger partial charge in [0.05, 0.1) is 6.61 Å². The van der Waals surface area contributed by atoms with Crippen LogP contribution in [-0.4, -0.2) is 12.9 Å². The summed E-state index contributed by atoms with van der Waals surface area (Å²) >= 11 is 5.22. The van der Waals surface area contributed by atoms with Gasteiger partial charge in [-0.1, -0.05) is 15.9 Å². The molecule has 0 aromatic heterocycles. The molecule has 1 fully saturated rings. The highest BCUT2D eigenvalue weighted by atomic mass is 79.9. The second-order valence-corrected chi connectivity index (χ2v) is 5.38. The van der Waals surface area contributed by atoms with Crippen LogP contribution in [0.5, 0.6) is 5.75 Å². The smallest absolute Gasteiger partial charge is 0.121 e. The normalized spacial score (nSPS) is 15.6. The van der Waals surface area contributed by atoms with Gasteiger partial charge in [0.15, 0.2) is 0 Å². The van der Waals surface area contributed by atoms with Crippen molar-refractivity contribution in [3.8, 4) is 5.75 Å². The maximum absolute atomic E-state index is 5.71. The quantitative estimate of drug-likeness (QED) is 0.768. The van der Waals surface area contributed by atoms with Crippen molar-refractivity contribution in [2.45, 2.75) is 17.7 Å². The van der Waals surface area contributed by atoms with E-state index >= 15 is 0 Å². The fourth-order valence-electron chi connectivity index (χ4n) is 1.24. The van der Waals surface area contributed by atoms with Gasteiger partial charge in [-0.25, -0.2) is 0 Å². The summed E-state index contributed by atoms with van der Waals surface area (Å²) in [5.41, 5.74) is 0. The van der Waals surface area contributed by atoms with E-state index in [1.165, 1.54) is 17.7 Å². The number of benzene rings is 1. The Morgan fingerprint density at radius 1 is 1.43 bits per heavy atom. The molecule has 76 valence electrons. The molecule has 1 aliphatic carbocycles. The van der Waals surface area contributed by atoms with Crippen LogP contribution in [0, 0.1) is 5.92 Å². The van der Waals surface area contributed by atoms with E-state index in [1.807, 2.05) is 6.07 Å². The first-order valence-electron chi connectivity index (χ1n) is 4.75. The van der Waals surface area contributed by atoms with Gasteiger partial charge in [-0.15, -0.1) is 11.8 Å². The first-order valence-corrected chi connectivity index (χ1v) is 6.77. The molecule has 2 rings (SSSR count). The highest BCUT2D eigenvalue weighted by molar-refractivity contribution is 9.10. The lowest BCUT2D eigenvalue weighted by Gasteiger charge is -2.07. The maximum atomic E-state index is 5.71. The van der Waals surface area contributed by atoms with E-state index in [2.05, 4.69) is 34.3 Å². The van der Waals surface area contributed by atoms with Gasteiger partial charge in [0.1, 0.15) is 5.75 Å². The van der Waals surface area contributed by atoms with Crippen LogP contribution in [0.1, 0.15) is 12.8 Å². The van der Waals surface area contributed by atoms with E-state index in [0.717, 1.165) is 22.7 Å². The zero-order valence-electron chi connectivity index (χ0n) is 8.13. The van der Waals surface area contributed by atoms with E-state index in [-0.39, 0.29) is 0 Å². The molecule has 0 aliphatic heterocycles. The summed E-state index contributed by atoms with van der Waals surface area (Å²) in [4.78, 5) is 1.24. The maximum Gasteiger partial charge on any atom is 0.121 e. The summed E-state index contributed by atoms with van der Waals surface area (Å²) in [7, 11) is 0. The summed E-state index contributed by atoms with van der Waals surface area (Å²) in [6.07, 6.45) is 4.75. The van der Waals surface area contributed by atoms with Gasteiger partial charge in [-0.3, -0.25) is 0 Å². The van der Waals surface area contributed by atoms with Crippen LogP contribution in [0.25, 0.3) is 0 Å². The lowest BCUT2D eigenvalue weighted by atomic mass is 10.3. The third-order valence-corrected chi connectivity index (χ3v) is 3.43. The minimum atomic E-state index is 0.812. The highest BCUT2D eigenvalue weighted by Gasteiger charge is 2.21. The monoisotopic (exact) mass is 272 g/mol. The SMILES string of the molecule is CSc1cc(Br)cc(OCC2CC2)c1. The summed E-state index contributed by atoms with van der Waals surface area (Å²) in [6, 6.07) is 6.23. The molecule has 0 radical (unpaired) electrons. The predicted molar refractivity (Wildman–Crippen MR) is 64.1 cm³/mol. The predicted octanol–water partition coefficient (Wildman–Crippen LogP) is 3.96. The van der Waals surface area contributed by atoms with Gasteiger partial charge >= 0.3 is 0 Å². The molecule has 0 heterocycles. The number of ether oxygens (including phenoxy) is 1. The molecular weight excluding hydrogens is 260 g/mol. The molecule has 0 atom stereocenters. The first-order chi connectivity index (χ1) is 6.78. The van der Waals surface area contributed by atoms with E-state index in [9.17, 15) is 0 Å². The molecule has 0 bridgehead atoms. The number of hydrogen-bond acceptors (Lipinski definition) is 2. The van der Waals surface area contributed by atoms with Crippen LogP contribution in [-0.2, 0) is 0 Å². The van der Waals surface area contributed by atoms with Crippen LogP contribution in [0.3, 0.4) is 0 Å². The summed E-state index contributed by atoms with van der Waals surface area (Å²) < 4.78 is 6.80. The lowest BCUT2D eigenvalue weighted by molar-refractivity contribution is 0.299. The molecule has 0 saturated heterocycles. The Morgan fingerprint density at radius 2 is 2.21 bits per heavy atom. The Kier molecular flexibility index (Phi) is 3.39. The molecule has 0 spiro atoms. The lowest BCUT2D eigenvalue weighted by Crippen LogP contribution is -1.98. The van der Waals surface area contributed by atoms with E-state index in [1.54, 1.807) is 11.8 Å². The minimum absolute atomic E-state index is 0.812. The van der Waals surface area contributed by atoms with Crippen LogP contribution in [0.4, 0.5) is 0 Å². The highest BCUT2D eigenvalue weighted by Crippen LogP contribution is 2.31. The molecule has 3 heteroatoms. The average Bonchev–Trinajstić information content (AvgIpc) is 2.97. The Hall–Kier alpha value is -0.150. The van der Waals surface area contributed by atoms with Crippen molar-refractivity contribution in [2.75, 3.05) is 12.9 Å². The second-order valence-electron chi connectivity index (χ2n) is 3.58. The van der Waals surface area contributed by atoms with Gasteiger partial charge in [0.2, 0.25) is 0 Å². The topological polar surface area (TPSA) is 9.23 Å². The zero-order chi connectivity index (χ0) is 9.97. The zero-order valence-corrected chi connectivity index (χ0v) is 10.5. The standard InChI is InChI=1S/C11H13BrOS/c1-14-11-5-9(12)4-10(6-11)13-7-8-2-3-8/h4-6,8H,2-3,7H2,1H3. The summed E-state index contributed by atoms with van der Waals surface area (Å²) in [5, 5.41) is 0. The van der Waals surface area contributed by atoms with Gasteiger partial charge in [0, 0.05) is 9.37 Å². The third-order valence-electron chi connectivity index (χ3n) is 2.26. The molecule has 1 aliphatic rings. The van der Waals surface area contributed by atoms with Gasteiger partial charge in [0.25, 0.3) is 0 Å². The number of halogens is 1. The second kappa shape index (κ2) is 4.58. The fourth-order valence-corrected chi connectivity index (χ4v) is 2.34. The summed E-state index contributed by atoms with van der Waals surface area (Å²) in [6.45, 7) is 0.879. The average molecular weight is 273 g/mol. The van der Waals surface area contributed by atoms with Crippen molar-refractivity contribution in [3.05, 3.63) is 22.7 Å². The Labute approximate surface area is 97.4 Å². The molecule has 0 amide bonds. The molecule has 1 aromatic rings. The van der Waals surface area contributed by atoms with Gasteiger partial charge in [-0.2, -0.15) is 0 Å². The van der Waals surface area contributed by atoms with Gasteiger partial charge in [-0.05, 0) is 43.2 Å². The number of thioether (sulfide) groups is 1. The number of hydrogen-bond donors (Lipinski definition) is 0. The molecule has 14 heavy (non-hydrogen) atoms. The van der Waals surface area contributed by atoms with Crippen LogP contribution in [0.15, 0.2) is 27.6 Å². The van der Waals surface area contributed by atoms with E-state index in [4.69, 9.17) is 4.74 Å².